The van der Waals surface area contributed by atoms with Crippen LogP contribution in [-0.2, 0) is 0 Å². The van der Waals surface area contributed by atoms with Crippen LogP contribution in [0, 0.1) is 0 Å². The van der Waals surface area contributed by atoms with Gasteiger partial charge in [-0.25, -0.2) is 9.97 Å². The van der Waals surface area contributed by atoms with Crippen LogP contribution >= 0.6 is 0 Å². The lowest BCUT2D eigenvalue weighted by Crippen LogP contribution is -2.05. The van der Waals surface area contributed by atoms with E-state index in [1.54, 1.807) is 6.08 Å². The highest BCUT2D eigenvalue weighted by atomic mass is 15.0. The molecule has 0 saturated carbocycles. The first kappa shape index (κ1) is 44.5. The molecule has 0 aliphatic rings. The van der Waals surface area contributed by atoms with Gasteiger partial charge in [0.1, 0.15) is 0 Å². The topological polar surface area (TPSA) is 30.7 Å². The molecule has 10 aromatic carbocycles. The van der Waals surface area contributed by atoms with Crippen LogP contribution in [-0.4, -0.2) is 14.5 Å². The van der Waals surface area contributed by atoms with E-state index >= 15 is 0 Å². The highest BCUT2D eigenvalue weighted by Gasteiger charge is 2.29. The molecule has 12 rings (SSSR count). The summed E-state index contributed by atoms with van der Waals surface area (Å²) in [5, 5.41) is 2.35. The molecule has 2 aromatic heterocycles. The Labute approximate surface area is 426 Å². The second kappa shape index (κ2) is 19.6. The predicted molar refractivity (Wildman–Crippen MR) is 308 cm³/mol. The SMILES string of the molecule is C=C/C=C(\C=C)c1cc(-c2ccccc2)nc(-c2cc(-c3ccccc3)c(-n3c4c(-c5ccccc5)ccc(-c5ccccc5)c4c4c(-c5ccccc5)ccc(-c5ccccc5)c43)c(-c3ccccc3)c2)n1. The molecule has 0 fully saturated rings. The Kier molecular flexibility index (Phi) is 11.9. The summed E-state index contributed by atoms with van der Waals surface area (Å²) in [4.78, 5) is 10.8. The van der Waals surface area contributed by atoms with Crippen LogP contribution in [0.5, 0.6) is 0 Å². The molecule has 12 aromatic rings. The maximum absolute atomic E-state index is 5.41. The lowest BCUT2D eigenvalue weighted by molar-refractivity contribution is 1.15. The van der Waals surface area contributed by atoms with E-state index < -0.39 is 0 Å². The predicted octanol–water partition coefficient (Wildman–Crippen LogP) is 18.7. The Morgan fingerprint density at radius 1 is 0.342 bits per heavy atom. The first-order valence-corrected chi connectivity index (χ1v) is 24.7. The molecule has 3 heteroatoms. The third-order valence-electron chi connectivity index (χ3n) is 13.8. The number of hydrogen-bond donors (Lipinski definition) is 0. The third-order valence-corrected chi connectivity index (χ3v) is 13.8. The number of benzene rings is 10. The first-order valence-electron chi connectivity index (χ1n) is 24.7. The van der Waals surface area contributed by atoms with Crippen molar-refractivity contribution in [1.29, 1.82) is 0 Å². The van der Waals surface area contributed by atoms with Gasteiger partial charge in [0.15, 0.2) is 5.82 Å². The Morgan fingerprint density at radius 2 is 0.685 bits per heavy atom. The minimum absolute atomic E-state index is 0.601. The van der Waals surface area contributed by atoms with Gasteiger partial charge < -0.3 is 4.57 Å². The van der Waals surface area contributed by atoms with Gasteiger partial charge in [0.05, 0.1) is 28.1 Å². The quantitative estimate of drug-likeness (QED) is 0.114. The zero-order valence-corrected chi connectivity index (χ0v) is 40.2. The molecule has 0 radical (unpaired) electrons. The van der Waals surface area contributed by atoms with Gasteiger partial charge in [0, 0.05) is 44.2 Å². The largest absolute Gasteiger partial charge is 0.307 e. The van der Waals surface area contributed by atoms with E-state index in [-0.39, 0.29) is 0 Å². The summed E-state index contributed by atoms with van der Waals surface area (Å²) in [5.41, 5.74) is 20.9. The van der Waals surface area contributed by atoms with Crippen molar-refractivity contribution >= 4 is 27.4 Å². The van der Waals surface area contributed by atoms with Gasteiger partial charge >= 0.3 is 0 Å². The number of nitrogens with zero attached hydrogens (tertiary/aromatic N) is 3. The van der Waals surface area contributed by atoms with E-state index in [2.05, 4.69) is 248 Å². The highest BCUT2D eigenvalue weighted by molar-refractivity contribution is 6.26. The fourth-order valence-corrected chi connectivity index (χ4v) is 10.5. The lowest BCUT2D eigenvalue weighted by Gasteiger charge is -2.23. The molecule has 0 aliphatic heterocycles. The lowest BCUT2D eigenvalue weighted by atomic mass is 9.90. The van der Waals surface area contributed by atoms with E-state index in [0.717, 1.165) is 112 Å². The molecular formula is C70H49N3. The molecule has 0 N–H and O–H groups in total. The average Bonchev–Trinajstić information content (AvgIpc) is 3.83. The van der Waals surface area contributed by atoms with Crippen molar-refractivity contribution in [2.75, 3.05) is 0 Å². The molecule has 0 saturated heterocycles. The van der Waals surface area contributed by atoms with E-state index in [4.69, 9.17) is 9.97 Å². The zero-order valence-electron chi connectivity index (χ0n) is 40.2. The summed E-state index contributed by atoms with van der Waals surface area (Å²) in [6, 6.07) is 91.3. The van der Waals surface area contributed by atoms with Crippen LogP contribution in [0.4, 0.5) is 0 Å². The van der Waals surface area contributed by atoms with Gasteiger partial charge in [-0.3, -0.25) is 0 Å². The highest BCUT2D eigenvalue weighted by Crippen LogP contribution is 2.52. The van der Waals surface area contributed by atoms with Gasteiger partial charge in [-0.2, -0.15) is 0 Å². The molecule has 0 aliphatic carbocycles. The van der Waals surface area contributed by atoms with Crippen LogP contribution in [0.2, 0.25) is 0 Å². The fourth-order valence-electron chi connectivity index (χ4n) is 10.5. The van der Waals surface area contributed by atoms with Crippen molar-refractivity contribution in [1.82, 2.24) is 14.5 Å². The molecule has 0 amide bonds. The van der Waals surface area contributed by atoms with Crippen LogP contribution in [0.1, 0.15) is 5.69 Å². The van der Waals surface area contributed by atoms with Crippen molar-refractivity contribution in [3.8, 4) is 95.1 Å². The van der Waals surface area contributed by atoms with E-state index in [0.29, 0.717) is 5.82 Å². The normalized spacial score (nSPS) is 11.5. The standard InChI is InChI=1S/C70H49N3/c1-3-26-48(4-2)63-47-64(55-39-24-11-25-40-55)72-70(71-63)56-45-61(53-35-20-9-21-36-53)67(62(46-56)54-37-22-10-23-38-54)73-68-59(51-31-16-7-17-32-51)43-41-57(49-27-12-5-13-28-49)65(68)66-58(50-29-14-6-15-30-50)42-44-60(69(66)73)52-33-18-8-19-34-52/h3-47H,1-2H2/b48-26+. The number of aromatic nitrogens is 3. The number of rotatable bonds is 12. The van der Waals surface area contributed by atoms with Crippen molar-refractivity contribution in [2.24, 2.45) is 0 Å². The summed E-state index contributed by atoms with van der Waals surface area (Å²) in [7, 11) is 0. The van der Waals surface area contributed by atoms with Crippen LogP contribution in [0.3, 0.4) is 0 Å². The van der Waals surface area contributed by atoms with E-state index in [9.17, 15) is 0 Å². The van der Waals surface area contributed by atoms with Gasteiger partial charge in [0.2, 0.25) is 0 Å². The molecule has 0 spiro atoms. The van der Waals surface area contributed by atoms with Crippen molar-refractivity contribution in [3.05, 3.63) is 292 Å². The summed E-state index contributed by atoms with van der Waals surface area (Å²) in [6.45, 7) is 8.22. The van der Waals surface area contributed by atoms with Gasteiger partial charge in [-0.15, -0.1) is 0 Å². The summed E-state index contributed by atoms with van der Waals surface area (Å²) in [6.07, 6.45) is 5.56. The first-order chi connectivity index (χ1) is 36.2. The number of hydrogen-bond acceptors (Lipinski definition) is 2. The summed E-state index contributed by atoms with van der Waals surface area (Å²) < 4.78 is 2.61. The van der Waals surface area contributed by atoms with Crippen LogP contribution < -0.4 is 0 Å². The molecule has 0 unspecified atom stereocenters. The second-order valence-corrected chi connectivity index (χ2v) is 18.1. The third kappa shape index (κ3) is 8.29. The van der Waals surface area contributed by atoms with Crippen molar-refractivity contribution in [3.63, 3.8) is 0 Å². The monoisotopic (exact) mass is 931 g/mol. The van der Waals surface area contributed by atoms with Crippen LogP contribution in [0.25, 0.3) is 122 Å². The Balaban J connectivity index is 1.33. The second-order valence-electron chi connectivity index (χ2n) is 18.1. The molecule has 344 valence electrons. The van der Waals surface area contributed by atoms with Gasteiger partial charge in [-0.1, -0.05) is 268 Å². The minimum atomic E-state index is 0.601. The molecule has 2 heterocycles. The molecular weight excluding hydrogens is 883 g/mol. The number of allylic oxidation sites excluding steroid dienone is 4. The molecule has 0 atom stereocenters. The van der Waals surface area contributed by atoms with Gasteiger partial charge in [0.25, 0.3) is 0 Å². The fraction of sp³-hybridized carbons (Fsp3) is 0. The van der Waals surface area contributed by atoms with Crippen molar-refractivity contribution < 1.29 is 0 Å². The Bertz CT molecular complexity index is 3790. The molecule has 0 bridgehead atoms. The molecule has 3 nitrogen and oxygen atoms in total. The number of fused-ring (bicyclic) bond motifs is 3. The van der Waals surface area contributed by atoms with Crippen LogP contribution in [0.15, 0.2) is 286 Å². The Hall–Kier alpha value is -9.70. The smallest absolute Gasteiger partial charge is 0.160 e. The summed E-state index contributed by atoms with van der Waals surface area (Å²) >= 11 is 0. The molecule has 73 heavy (non-hydrogen) atoms. The maximum Gasteiger partial charge on any atom is 0.160 e. The zero-order chi connectivity index (χ0) is 49.1. The van der Waals surface area contributed by atoms with Crippen molar-refractivity contribution in [2.45, 2.75) is 0 Å². The average molecular weight is 932 g/mol. The van der Waals surface area contributed by atoms with E-state index in [1.165, 1.54) is 10.8 Å². The summed E-state index contributed by atoms with van der Waals surface area (Å²) in [5.74, 6) is 0.601. The van der Waals surface area contributed by atoms with E-state index in [1.807, 2.05) is 36.4 Å². The Morgan fingerprint density at radius 3 is 1.05 bits per heavy atom. The van der Waals surface area contributed by atoms with Gasteiger partial charge in [-0.05, 0) is 68.3 Å². The maximum atomic E-state index is 5.41. The minimum Gasteiger partial charge on any atom is -0.307 e.